The number of thiazole rings is 1. The number of rotatable bonds is 2. The summed E-state index contributed by atoms with van der Waals surface area (Å²) in [5, 5.41) is 0. The first-order valence-electron chi connectivity index (χ1n) is 6.67. The van der Waals surface area contributed by atoms with Crippen molar-refractivity contribution in [2.24, 2.45) is 0 Å². The number of hydrogen-bond acceptors (Lipinski definition) is 4. The molecule has 0 bridgehead atoms. The van der Waals surface area contributed by atoms with Crippen LogP contribution in [-0.4, -0.2) is 33.3 Å². The monoisotopic (exact) mass is 301 g/mol. The van der Waals surface area contributed by atoms with Gasteiger partial charge in [0, 0.05) is 19.3 Å². The van der Waals surface area contributed by atoms with Crippen molar-refractivity contribution in [1.29, 1.82) is 0 Å². The van der Waals surface area contributed by atoms with Crippen molar-refractivity contribution in [3.05, 3.63) is 46.4 Å². The van der Waals surface area contributed by atoms with Crippen LogP contribution in [0, 0.1) is 0 Å². The molecule has 3 rings (SSSR count). The number of carbonyl (C=O) groups is 1. The van der Waals surface area contributed by atoms with E-state index >= 15 is 0 Å². The predicted molar refractivity (Wildman–Crippen MR) is 84.1 cm³/mol. The Labute approximate surface area is 125 Å². The van der Waals surface area contributed by atoms with E-state index in [-0.39, 0.29) is 23.1 Å². The number of aromatic nitrogens is 2. The fraction of sp³-hybridized carbons (Fsp3) is 0.267. The smallest absolute Gasteiger partial charge is 0.271 e. The largest absolute Gasteiger partial charge is 0.339 e. The van der Waals surface area contributed by atoms with E-state index in [1.807, 2.05) is 38.1 Å². The van der Waals surface area contributed by atoms with Gasteiger partial charge in [-0.3, -0.25) is 14.0 Å². The van der Waals surface area contributed by atoms with E-state index in [0.717, 1.165) is 10.2 Å². The highest BCUT2D eigenvalue weighted by molar-refractivity contribution is 7.23. The highest BCUT2D eigenvalue weighted by atomic mass is 32.1. The summed E-state index contributed by atoms with van der Waals surface area (Å²) in [5.74, 6) is -0.299. The molecular weight excluding hydrogens is 286 g/mol. The Morgan fingerprint density at radius 3 is 2.76 bits per heavy atom. The van der Waals surface area contributed by atoms with Crippen LogP contribution in [0.15, 0.2) is 35.3 Å². The molecule has 2 heterocycles. The van der Waals surface area contributed by atoms with Crippen molar-refractivity contribution in [1.82, 2.24) is 14.3 Å². The number of amides is 1. The lowest BCUT2D eigenvalue weighted by atomic mass is 10.2. The third-order valence-electron chi connectivity index (χ3n) is 3.56. The zero-order chi connectivity index (χ0) is 15.1. The molecule has 0 saturated carbocycles. The molecule has 0 atom stereocenters. The van der Waals surface area contributed by atoms with Crippen molar-refractivity contribution < 1.29 is 4.79 Å². The van der Waals surface area contributed by atoms with E-state index in [9.17, 15) is 9.59 Å². The third-order valence-corrected chi connectivity index (χ3v) is 4.60. The van der Waals surface area contributed by atoms with Gasteiger partial charge in [-0.1, -0.05) is 23.5 Å². The minimum Gasteiger partial charge on any atom is -0.339 e. The van der Waals surface area contributed by atoms with Crippen molar-refractivity contribution in [3.63, 3.8) is 0 Å². The standard InChI is InChI=1S/C15H15N3O2S/c1-9(2)17(3)13(19)10-8-16-15-18(14(10)20)11-6-4-5-7-12(11)21-15/h4-9H,1-3H3. The molecule has 3 aromatic rings. The molecule has 0 aliphatic rings. The summed E-state index contributed by atoms with van der Waals surface area (Å²) < 4.78 is 2.49. The molecule has 1 amide bonds. The van der Waals surface area contributed by atoms with Crippen LogP contribution in [0.4, 0.5) is 0 Å². The van der Waals surface area contributed by atoms with Gasteiger partial charge in [-0.15, -0.1) is 0 Å². The van der Waals surface area contributed by atoms with Gasteiger partial charge in [-0.25, -0.2) is 4.98 Å². The van der Waals surface area contributed by atoms with Crippen LogP contribution < -0.4 is 5.56 Å². The zero-order valence-electron chi connectivity index (χ0n) is 12.0. The van der Waals surface area contributed by atoms with Crippen molar-refractivity contribution in [2.75, 3.05) is 7.05 Å². The molecule has 0 unspecified atom stereocenters. The topological polar surface area (TPSA) is 54.7 Å². The maximum Gasteiger partial charge on any atom is 0.271 e. The lowest BCUT2D eigenvalue weighted by molar-refractivity contribution is 0.0752. The molecule has 0 spiro atoms. The number of fused-ring (bicyclic) bond motifs is 3. The Morgan fingerprint density at radius 1 is 1.33 bits per heavy atom. The lowest BCUT2D eigenvalue weighted by Gasteiger charge is -2.20. The number of carbonyl (C=O) groups excluding carboxylic acids is 1. The van der Waals surface area contributed by atoms with E-state index in [2.05, 4.69) is 4.98 Å². The van der Waals surface area contributed by atoms with Crippen molar-refractivity contribution >= 4 is 32.4 Å². The average molecular weight is 301 g/mol. The Balaban J connectivity index is 2.27. The SMILES string of the molecule is CC(C)N(C)C(=O)c1cnc2sc3ccccc3n2c1=O. The molecule has 21 heavy (non-hydrogen) atoms. The zero-order valence-corrected chi connectivity index (χ0v) is 12.8. The first-order chi connectivity index (χ1) is 10.0. The van der Waals surface area contributed by atoms with Crippen molar-refractivity contribution in [2.45, 2.75) is 19.9 Å². The summed E-state index contributed by atoms with van der Waals surface area (Å²) in [5.41, 5.74) is 0.582. The Bertz CT molecular complexity index is 895. The van der Waals surface area contributed by atoms with Crippen LogP contribution in [-0.2, 0) is 0 Å². The van der Waals surface area contributed by atoms with E-state index < -0.39 is 0 Å². The maximum absolute atomic E-state index is 12.7. The number of para-hydroxylation sites is 1. The molecule has 0 radical (unpaired) electrons. The normalized spacial score (nSPS) is 11.4. The van der Waals surface area contributed by atoms with Gasteiger partial charge in [0.25, 0.3) is 11.5 Å². The molecule has 108 valence electrons. The minimum absolute atomic E-state index is 0.0248. The van der Waals surface area contributed by atoms with Gasteiger partial charge in [0.05, 0.1) is 10.2 Å². The molecule has 0 aliphatic heterocycles. The summed E-state index contributed by atoms with van der Waals surface area (Å²) in [4.78, 5) is 31.5. The highest BCUT2D eigenvalue weighted by Crippen LogP contribution is 2.23. The fourth-order valence-electron chi connectivity index (χ4n) is 2.12. The first kappa shape index (κ1) is 13.8. The quantitative estimate of drug-likeness (QED) is 0.730. The average Bonchev–Trinajstić information content (AvgIpc) is 2.85. The minimum atomic E-state index is -0.310. The van der Waals surface area contributed by atoms with Crippen molar-refractivity contribution in [3.8, 4) is 0 Å². The Morgan fingerprint density at radius 2 is 2.05 bits per heavy atom. The summed E-state index contributed by atoms with van der Waals surface area (Å²) in [6, 6.07) is 7.62. The fourth-order valence-corrected chi connectivity index (χ4v) is 3.11. The van der Waals surface area contributed by atoms with Gasteiger partial charge in [0.2, 0.25) is 0 Å². The van der Waals surface area contributed by atoms with Crippen LogP contribution in [0.25, 0.3) is 15.2 Å². The van der Waals surface area contributed by atoms with Crippen LogP contribution >= 0.6 is 11.3 Å². The maximum atomic E-state index is 12.7. The van der Waals surface area contributed by atoms with Gasteiger partial charge in [0.1, 0.15) is 5.56 Å². The second-order valence-corrected chi connectivity index (χ2v) is 6.18. The van der Waals surface area contributed by atoms with E-state index in [1.54, 1.807) is 11.9 Å². The van der Waals surface area contributed by atoms with E-state index in [4.69, 9.17) is 0 Å². The molecule has 0 N–H and O–H groups in total. The molecule has 1 aromatic carbocycles. The predicted octanol–water partition coefficient (Wildman–Crippen LogP) is 2.39. The van der Waals surface area contributed by atoms with Crippen LogP contribution in [0.1, 0.15) is 24.2 Å². The molecule has 5 nitrogen and oxygen atoms in total. The van der Waals surface area contributed by atoms with Gasteiger partial charge in [-0.2, -0.15) is 0 Å². The number of nitrogens with zero attached hydrogens (tertiary/aromatic N) is 3. The van der Waals surface area contributed by atoms with E-state index in [1.165, 1.54) is 21.9 Å². The first-order valence-corrected chi connectivity index (χ1v) is 7.49. The molecule has 0 saturated heterocycles. The summed E-state index contributed by atoms with van der Waals surface area (Å²) in [6.45, 7) is 3.81. The lowest BCUT2D eigenvalue weighted by Crippen LogP contribution is -2.37. The van der Waals surface area contributed by atoms with Gasteiger partial charge < -0.3 is 4.90 Å². The van der Waals surface area contributed by atoms with Gasteiger partial charge in [-0.05, 0) is 26.0 Å². The Kier molecular flexibility index (Phi) is 3.25. The molecule has 2 aromatic heterocycles. The summed E-state index contributed by atoms with van der Waals surface area (Å²) >= 11 is 1.44. The molecular formula is C15H15N3O2S. The van der Waals surface area contributed by atoms with Crippen LogP contribution in [0.2, 0.25) is 0 Å². The van der Waals surface area contributed by atoms with Crippen LogP contribution in [0.5, 0.6) is 0 Å². The van der Waals surface area contributed by atoms with E-state index in [0.29, 0.717) is 4.96 Å². The molecule has 0 aliphatic carbocycles. The van der Waals surface area contributed by atoms with Gasteiger partial charge in [0.15, 0.2) is 4.96 Å². The second-order valence-electron chi connectivity index (χ2n) is 5.17. The molecule has 0 fully saturated rings. The number of hydrogen-bond donors (Lipinski definition) is 0. The highest BCUT2D eigenvalue weighted by Gasteiger charge is 2.20. The molecule has 6 heteroatoms. The summed E-state index contributed by atoms with van der Waals surface area (Å²) in [7, 11) is 1.69. The Hall–Kier alpha value is -2.21. The second kappa shape index (κ2) is 4.96. The summed E-state index contributed by atoms with van der Waals surface area (Å²) in [6.07, 6.45) is 1.38. The van der Waals surface area contributed by atoms with Crippen LogP contribution in [0.3, 0.4) is 0 Å². The third kappa shape index (κ3) is 2.12. The van der Waals surface area contributed by atoms with Gasteiger partial charge >= 0.3 is 0 Å². The number of benzene rings is 1.